The fourth-order valence-electron chi connectivity index (χ4n) is 2.66. The number of unbranched alkanes of at least 4 members (excludes halogenated alkanes) is 1. The molecule has 6 nitrogen and oxygen atoms in total. The van der Waals surface area contributed by atoms with Crippen molar-refractivity contribution in [2.75, 3.05) is 40.0 Å². The van der Waals surface area contributed by atoms with Crippen LogP contribution in [0.15, 0.2) is 27.8 Å². The van der Waals surface area contributed by atoms with Gasteiger partial charge in [0.2, 0.25) is 0 Å². The smallest absolute Gasteiger partial charge is 0.191 e. The van der Waals surface area contributed by atoms with Gasteiger partial charge in [-0.3, -0.25) is 4.99 Å². The highest BCUT2D eigenvalue weighted by Gasteiger charge is 2.13. The van der Waals surface area contributed by atoms with E-state index in [1.54, 1.807) is 13.4 Å². The number of nitrogens with zero attached hydrogens (tertiary/aromatic N) is 1. The lowest BCUT2D eigenvalue weighted by atomic mass is 10.1. The monoisotopic (exact) mass is 337 g/mol. The number of rotatable bonds is 10. The maximum atomic E-state index is 5.76. The van der Waals surface area contributed by atoms with Crippen LogP contribution < -0.4 is 10.6 Å². The molecule has 0 aromatic carbocycles. The van der Waals surface area contributed by atoms with Crippen LogP contribution in [-0.4, -0.2) is 52.0 Å². The van der Waals surface area contributed by atoms with Crippen molar-refractivity contribution in [2.45, 2.75) is 44.6 Å². The largest absolute Gasteiger partial charge is 0.469 e. The fraction of sp³-hybridized carbons (Fsp3) is 0.722. The number of hydrogen-bond acceptors (Lipinski definition) is 4. The molecule has 136 valence electrons. The minimum absolute atomic E-state index is 0.260. The third kappa shape index (κ3) is 7.84. The molecule has 0 radical (unpaired) electrons. The van der Waals surface area contributed by atoms with E-state index in [-0.39, 0.29) is 6.10 Å². The number of furan rings is 1. The highest BCUT2D eigenvalue weighted by Crippen LogP contribution is 2.12. The Balaban J connectivity index is 1.73. The van der Waals surface area contributed by atoms with E-state index < -0.39 is 0 Å². The topological polar surface area (TPSA) is 68.0 Å². The van der Waals surface area contributed by atoms with E-state index in [4.69, 9.17) is 18.9 Å². The lowest BCUT2D eigenvalue weighted by molar-refractivity contribution is 0.0224. The Labute approximate surface area is 145 Å². The first-order valence-corrected chi connectivity index (χ1v) is 9.03. The summed E-state index contributed by atoms with van der Waals surface area (Å²) in [5.41, 5.74) is 0. The molecule has 2 N–H and O–H groups in total. The molecule has 1 aliphatic rings. The summed E-state index contributed by atoms with van der Waals surface area (Å²) in [7, 11) is 1.74. The summed E-state index contributed by atoms with van der Waals surface area (Å²) in [6.45, 7) is 4.07. The van der Waals surface area contributed by atoms with E-state index in [0.717, 1.165) is 63.7 Å². The van der Waals surface area contributed by atoms with Crippen LogP contribution in [-0.2, 0) is 15.9 Å². The molecular weight excluding hydrogens is 306 g/mol. The van der Waals surface area contributed by atoms with Gasteiger partial charge in [-0.05, 0) is 44.2 Å². The fourth-order valence-corrected chi connectivity index (χ4v) is 2.66. The maximum absolute atomic E-state index is 5.76. The Morgan fingerprint density at radius 2 is 2.21 bits per heavy atom. The number of guanidine groups is 1. The highest BCUT2D eigenvalue weighted by atomic mass is 16.5. The Morgan fingerprint density at radius 1 is 1.29 bits per heavy atom. The summed E-state index contributed by atoms with van der Waals surface area (Å²) in [6.07, 6.45) is 8.45. The van der Waals surface area contributed by atoms with Crippen molar-refractivity contribution in [3.05, 3.63) is 24.2 Å². The molecule has 0 aliphatic carbocycles. The standard InChI is InChI=1S/C18H31N3O3/c1-22-12-5-3-10-19-18(20-11-9-16-8-6-14-23-16)21-15-17-7-2-4-13-24-17/h6,8,14,17H,2-5,7,9-13,15H2,1H3,(H2,19,20,21). The van der Waals surface area contributed by atoms with Crippen LogP contribution >= 0.6 is 0 Å². The molecule has 1 fully saturated rings. The van der Waals surface area contributed by atoms with Gasteiger partial charge in [0.05, 0.1) is 18.9 Å². The van der Waals surface area contributed by atoms with Gasteiger partial charge in [0, 0.05) is 39.8 Å². The van der Waals surface area contributed by atoms with Crippen LogP contribution in [0, 0.1) is 0 Å². The average molecular weight is 337 g/mol. The molecule has 1 aromatic rings. The van der Waals surface area contributed by atoms with Crippen LogP contribution in [0.5, 0.6) is 0 Å². The third-order valence-electron chi connectivity index (χ3n) is 4.04. The quantitative estimate of drug-likeness (QED) is 0.390. The lowest BCUT2D eigenvalue weighted by Gasteiger charge is -2.21. The molecule has 1 unspecified atom stereocenters. The molecular formula is C18H31N3O3. The lowest BCUT2D eigenvalue weighted by Crippen LogP contribution is -2.39. The molecule has 0 spiro atoms. The second-order valence-corrected chi connectivity index (χ2v) is 6.06. The molecule has 1 aromatic heterocycles. The molecule has 0 saturated carbocycles. The summed E-state index contributed by atoms with van der Waals surface area (Å²) in [6, 6.07) is 3.91. The molecule has 1 atom stereocenters. The van der Waals surface area contributed by atoms with Crippen molar-refractivity contribution < 1.29 is 13.9 Å². The summed E-state index contributed by atoms with van der Waals surface area (Å²) < 4.78 is 16.2. The average Bonchev–Trinajstić information content (AvgIpc) is 3.13. The molecule has 2 heterocycles. The van der Waals surface area contributed by atoms with Gasteiger partial charge in [0.15, 0.2) is 5.96 Å². The molecule has 0 amide bonds. The van der Waals surface area contributed by atoms with E-state index in [2.05, 4.69) is 10.6 Å². The minimum Gasteiger partial charge on any atom is -0.469 e. The van der Waals surface area contributed by atoms with E-state index >= 15 is 0 Å². The van der Waals surface area contributed by atoms with Crippen molar-refractivity contribution in [3.63, 3.8) is 0 Å². The Kier molecular flexibility index (Phi) is 9.34. The molecule has 1 saturated heterocycles. The summed E-state index contributed by atoms with van der Waals surface area (Å²) in [5, 5.41) is 6.78. The zero-order chi connectivity index (χ0) is 16.9. The third-order valence-corrected chi connectivity index (χ3v) is 4.04. The molecule has 1 aliphatic heterocycles. The van der Waals surface area contributed by atoms with Gasteiger partial charge in [-0.2, -0.15) is 0 Å². The number of nitrogens with one attached hydrogen (secondary N) is 2. The number of methoxy groups -OCH3 is 1. The van der Waals surface area contributed by atoms with Crippen LogP contribution in [0.2, 0.25) is 0 Å². The molecule has 24 heavy (non-hydrogen) atoms. The van der Waals surface area contributed by atoms with Gasteiger partial charge in [0.25, 0.3) is 0 Å². The van der Waals surface area contributed by atoms with Gasteiger partial charge in [-0.1, -0.05) is 0 Å². The van der Waals surface area contributed by atoms with E-state index in [0.29, 0.717) is 6.54 Å². The normalized spacial score (nSPS) is 18.5. The van der Waals surface area contributed by atoms with Gasteiger partial charge >= 0.3 is 0 Å². The first kappa shape index (κ1) is 18.8. The second kappa shape index (κ2) is 11.9. The van der Waals surface area contributed by atoms with Crippen LogP contribution in [0.25, 0.3) is 0 Å². The first-order valence-electron chi connectivity index (χ1n) is 9.03. The zero-order valence-corrected chi connectivity index (χ0v) is 14.8. The number of aliphatic imine (C=N–C) groups is 1. The van der Waals surface area contributed by atoms with Crippen LogP contribution in [0.3, 0.4) is 0 Å². The molecule has 2 rings (SSSR count). The zero-order valence-electron chi connectivity index (χ0n) is 14.8. The Morgan fingerprint density at radius 3 is 2.96 bits per heavy atom. The molecule has 0 bridgehead atoms. The second-order valence-electron chi connectivity index (χ2n) is 6.06. The summed E-state index contributed by atoms with van der Waals surface area (Å²) in [5.74, 6) is 1.84. The maximum Gasteiger partial charge on any atom is 0.191 e. The summed E-state index contributed by atoms with van der Waals surface area (Å²) in [4.78, 5) is 4.69. The Hall–Kier alpha value is -1.53. The first-order chi connectivity index (χ1) is 11.9. The van der Waals surface area contributed by atoms with Gasteiger partial charge in [-0.15, -0.1) is 0 Å². The van der Waals surface area contributed by atoms with E-state index in [9.17, 15) is 0 Å². The predicted octanol–water partition coefficient (Wildman–Crippen LogP) is 2.35. The van der Waals surface area contributed by atoms with Crippen molar-refractivity contribution in [3.8, 4) is 0 Å². The number of hydrogen-bond donors (Lipinski definition) is 2. The number of ether oxygens (including phenoxy) is 2. The highest BCUT2D eigenvalue weighted by molar-refractivity contribution is 5.79. The van der Waals surface area contributed by atoms with Gasteiger partial charge in [0.1, 0.15) is 5.76 Å². The minimum atomic E-state index is 0.260. The SMILES string of the molecule is COCCCCNC(=NCC1CCCCO1)NCCc1ccco1. The predicted molar refractivity (Wildman–Crippen MR) is 95.4 cm³/mol. The van der Waals surface area contributed by atoms with Gasteiger partial charge < -0.3 is 24.5 Å². The van der Waals surface area contributed by atoms with Crippen molar-refractivity contribution in [2.24, 2.45) is 4.99 Å². The van der Waals surface area contributed by atoms with E-state index in [1.165, 1.54) is 12.8 Å². The van der Waals surface area contributed by atoms with Crippen LogP contribution in [0.1, 0.15) is 37.9 Å². The summed E-state index contributed by atoms with van der Waals surface area (Å²) >= 11 is 0. The molecule has 6 heteroatoms. The van der Waals surface area contributed by atoms with Crippen LogP contribution in [0.4, 0.5) is 0 Å². The Bertz CT molecular complexity index is 442. The van der Waals surface area contributed by atoms with E-state index in [1.807, 2.05) is 12.1 Å². The van der Waals surface area contributed by atoms with Gasteiger partial charge in [-0.25, -0.2) is 0 Å². The van der Waals surface area contributed by atoms with Crippen molar-refractivity contribution >= 4 is 5.96 Å². The van der Waals surface area contributed by atoms with Crippen molar-refractivity contribution in [1.82, 2.24) is 10.6 Å². The van der Waals surface area contributed by atoms with Crippen molar-refractivity contribution in [1.29, 1.82) is 0 Å².